The first kappa shape index (κ1) is 19.4. The first-order chi connectivity index (χ1) is 12.4. The summed E-state index contributed by atoms with van der Waals surface area (Å²) in [5.74, 6) is -2.35. The Morgan fingerprint density at radius 1 is 1.04 bits per heavy atom. The number of likely N-dealkylation sites (tertiary alicyclic amines) is 1. The fourth-order valence-corrected chi connectivity index (χ4v) is 2.71. The molecular weight excluding hydrogens is 340 g/mol. The monoisotopic (exact) mass is 362 g/mol. The zero-order valence-electron chi connectivity index (χ0n) is 15.0. The van der Waals surface area contributed by atoms with E-state index in [1.807, 2.05) is 0 Å². The molecule has 26 heavy (non-hydrogen) atoms. The number of methoxy groups -OCH3 is 2. The van der Waals surface area contributed by atoms with Crippen LogP contribution in [-0.2, 0) is 19.1 Å². The number of benzene rings is 1. The van der Waals surface area contributed by atoms with Gasteiger partial charge in [0.05, 0.1) is 31.0 Å². The van der Waals surface area contributed by atoms with Crippen molar-refractivity contribution in [3.63, 3.8) is 0 Å². The molecule has 1 aromatic rings. The molecule has 2 rings (SSSR count). The highest BCUT2D eigenvalue weighted by Gasteiger charge is 2.27. The molecular formula is C18H22N2O6. The van der Waals surface area contributed by atoms with Crippen LogP contribution in [0.5, 0.6) is 0 Å². The van der Waals surface area contributed by atoms with Crippen molar-refractivity contribution in [2.24, 2.45) is 5.92 Å². The smallest absolute Gasteiger partial charge is 0.339 e. The third-order valence-corrected chi connectivity index (χ3v) is 4.36. The highest BCUT2D eigenvalue weighted by Crippen LogP contribution is 2.21. The molecule has 1 aromatic carbocycles. The van der Waals surface area contributed by atoms with Gasteiger partial charge in [-0.05, 0) is 37.0 Å². The SMILES string of the molecule is COC(=O)c1ccc(C(=O)OC)c(NC(=O)C(=O)N2CCC(C)CC2)c1. The Balaban J connectivity index is 2.22. The molecule has 0 saturated carbocycles. The van der Waals surface area contributed by atoms with E-state index >= 15 is 0 Å². The Kier molecular flexibility index (Phi) is 6.32. The van der Waals surface area contributed by atoms with Crippen LogP contribution >= 0.6 is 0 Å². The van der Waals surface area contributed by atoms with E-state index < -0.39 is 23.8 Å². The van der Waals surface area contributed by atoms with Crippen molar-refractivity contribution < 1.29 is 28.7 Å². The van der Waals surface area contributed by atoms with Gasteiger partial charge < -0.3 is 19.7 Å². The van der Waals surface area contributed by atoms with Crippen molar-refractivity contribution in [3.05, 3.63) is 29.3 Å². The quantitative estimate of drug-likeness (QED) is 0.645. The van der Waals surface area contributed by atoms with Crippen molar-refractivity contribution in [2.45, 2.75) is 19.8 Å². The van der Waals surface area contributed by atoms with E-state index in [1.54, 1.807) is 0 Å². The predicted octanol–water partition coefficient (Wildman–Crippen LogP) is 1.46. The molecule has 8 heteroatoms. The lowest BCUT2D eigenvalue weighted by atomic mass is 9.99. The topological polar surface area (TPSA) is 102 Å². The van der Waals surface area contributed by atoms with Crippen LogP contribution in [0.25, 0.3) is 0 Å². The number of rotatable bonds is 3. The van der Waals surface area contributed by atoms with Crippen molar-refractivity contribution in [2.75, 3.05) is 32.6 Å². The zero-order valence-corrected chi connectivity index (χ0v) is 15.0. The molecule has 1 saturated heterocycles. The van der Waals surface area contributed by atoms with Gasteiger partial charge in [-0.15, -0.1) is 0 Å². The Labute approximate surface area is 151 Å². The van der Waals surface area contributed by atoms with Crippen molar-refractivity contribution in [1.29, 1.82) is 0 Å². The van der Waals surface area contributed by atoms with Gasteiger partial charge in [-0.25, -0.2) is 9.59 Å². The first-order valence-corrected chi connectivity index (χ1v) is 8.28. The number of amides is 2. The molecule has 1 fully saturated rings. The standard InChI is InChI=1S/C18H22N2O6/c1-11-6-8-20(9-7-11)16(22)15(21)19-14-10-12(17(23)25-2)4-5-13(14)18(24)26-3/h4-5,10-11H,6-9H2,1-3H3,(H,19,21). The number of hydrogen-bond donors (Lipinski definition) is 1. The number of piperidine rings is 1. The van der Waals surface area contributed by atoms with Crippen LogP contribution in [0.3, 0.4) is 0 Å². The molecule has 0 aliphatic carbocycles. The van der Waals surface area contributed by atoms with Crippen LogP contribution in [0.2, 0.25) is 0 Å². The van der Waals surface area contributed by atoms with E-state index in [1.165, 1.54) is 37.3 Å². The third-order valence-electron chi connectivity index (χ3n) is 4.36. The average Bonchev–Trinajstić information content (AvgIpc) is 2.66. The molecule has 0 atom stereocenters. The maximum atomic E-state index is 12.3. The summed E-state index contributed by atoms with van der Waals surface area (Å²) in [6.07, 6.45) is 1.68. The van der Waals surface area contributed by atoms with Crippen molar-refractivity contribution >= 4 is 29.4 Å². The van der Waals surface area contributed by atoms with Gasteiger partial charge in [-0.2, -0.15) is 0 Å². The minimum absolute atomic E-state index is 0.0171. The highest BCUT2D eigenvalue weighted by atomic mass is 16.5. The summed E-state index contributed by atoms with van der Waals surface area (Å²) in [4.78, 5) is 49.7. The van der Waals surface area contributed by atoms with E-state index in [0.29, 0.717) is 19.0 Å². The first-order valence-electron chi connectivity index (χ1n) is 8.28. The number of esters is 2. The molecule has 8 nitrogen and oxygen atoms in total. The maximum absolute atomic E-state index is 12.3. The fourth-order valence-electron chi connectivity index (χ4n) is 2.71. The van der Waals surface area contributed by atoms with Crippen LogP contribution in [0.15, 0.2) is 18.2 Å². The summed E-state index contributed by atoms with van der Waals surface area (Å²) >= 11 is 0. The van der Waals surface area contributed by atoms with Gasteiger partial charge in [0.25, 0.3) is 0 Å². The molecule has 1 aliphatic rings. The largest absolute Gasteiger partial charge is 0.465 e. The normalized spacial score (nSPS) is 14.5. The molecule has 0 unspecified atom stereocenters. The molecule has 0 aromatic heterocycles. The van der Waals surface area contributed by atoms with E-state index in [4.69, 9.17) is 0 Å². The van der Waals surface area contributed by atoms with Gasteiger partial charge in [-0.1, -0.05) is 6.92 Å². The van der Waals surface area contributed by atoms with Crippen molar-refractivity contribution in [3.8, 4) is 0 Å². The highest BCUT2D eigenvalue weighted by molar-refractivity contribution is 6.40. The number of nitrogens with zero attached hydrogens (tertiary/aromatic N) is 1. The summed E-state index contributed by atoms with van der Waals surface area (Å²) in [7, 11) is 2.41. The Morgan fingerprint density at radius 2 is 1.65 bits per heavy atom. The summed E-state index contributed by atoms with van der Waals surface area (Å²) in [5, 5.41) is 2.41. The third kappa shape index (κ3) is 4.38. The lowest BCUT2D eigenvalue weighted by Gasteiger charge is -2.29. The summed E-state index contributed by atoms with van der Waals surface area (Å²) in [6, 6.07) is 3.99. The number of carbonyl (C=O) groups is 4. The minimum Gasteiger partial charge on any atom is -0.465 e. The number of hydrogen-bond acceptors (Lipinski definition) is 6. The number of anilines is 1. The fraction of sp³-hybridized carbons (Fsp3) is 0.444. The minimum atomic E-state index is -0.869. The molecule has 140 valence electrons. The number of carbonyl (C=O) groups excluding carboxylic acids is 4. The van der Waals surface area contributed by atoms with Crippen LogP contribution in [0, 0.1) is 5.92 Å². The average molecular weight is 362 g/mol. The van der Waals surface area contributed by atoms with E-state index in [-0.39, 0.29) is 16.8 Å². The van der Waals surface area contributed by atoms with Crippen LogP contribution in [0.4, 0.5) is 5.69 Å². The zero-order chi connectivity index (χ0) is 19.3. The molecule has 0 bridgehead atoms. The second kappa shape index (κ2) is 8.46. The van der Waals surface area contributed by atoms with E-state index in [0.717, 1.165) is 12.8 Å². The molecule has 1 aliphatic heterocycles. The lowest BCUT2D eigenvalue weighted by Crippen LogP contribution is -2.44. The van der Waals surface area contributed by atoms with Gasteiger partial charge in [0.2, 0.25) is 0 Å². The lowest BCUT2D eigenvalue weighted by molar-refractivity contribution is -0.144. The maximum Gasteiger partial charge on any atom is 0.339 e. The van der Waals surface area contributed by atoms with Crippen LogP contribution in [0.1, 0.15) is 40.5 Å². The molecule has 1 heterocycles. The summed E-state index contributed by atoms with van der Waals surface area (Å²) in [6.45, 7) is 3.13. The van der Waals surface area contributed by atoms with Crippen LogP contribution < -0.4 is 5.32 Å². The second-order valence-corrected chi connectivity index (χ2v) is 6.17. The van der Waals surface area contributed by atoms with Crippen molar-refractivity contribution in [1.82, 2.24) is 4.90 Å². The number of nitrogens with one attached hydrogen (secondary N) is 1. The van der Waals surface area contributed by atoms with Gasteiger partial charge in [-0.3, -0.25) is 9.59 Å². The molecule has 1 N–H and O–H groups in total. The summed E-state index contributed by atoms with van der Waals surface area (Å²) in [5.41, 5.74) is 0.187. The van der Waals surface area contributed by atoms with E-state index in [2.05, 4.69) is 21.7 Å². The van der Waals surface area contributed by atoms with Gasteiger partial charge in [0.15, 0.2) is 0 Å². The Morgan fingerprint density at radius 3 is 2.23 bits per heavy atom. The van der Waals surface area contributed by atoms with Crippen LogP contribution in [-0.4, -0.2) is 56.0 Å². The molecule has 0 spiro atoms. The van der Waals surface area contributed by atoms with Gasteiger partial charge >= 0.3 is 23.8 Å². The number of ether oxygens (including phenoxy) is 2. The second-order valence-electron chi connectivity index (χ2n) is 6.17. The van der Waals surface area contributed by atoms with Gasteiger partial charge in [0, 0.05) is 13.1 Å². The Bertz CT molecular complexity index is 722. The Hall–Kier alpha value is -2.90. The molecule has 0 radical (unpaired) electrons. The van der Waals surface area contributed by atoms with Gasteiger partial charge in [0.1, 0.15) is 0 Å². The van der Waals surface area contributed by atoms with E-state index in [9.17, 15) is 19.2 Å². The summed E-state index contributed by atoms with van der Waals surface area (Å²) < 4.78 is 9.30. The predicted molar refractivity (Wildman–Crippen MR) is 92.7 cm³/mol. The molecule has 2 amide bonds.